The van der Waals surface area contributed by atoms with Crippen molar-refractivity contribution in [3.05, 3.63) is 23.8 Å². The van der Waals surface area contributed by atoms with Gasteiger partial charge in [0.05, 0.1) is 24.6 Å². The van der Waals surface area contributed by atoms with Crippen LogP contribution in [0.4, 0.5) is 11.4 Å². The van der Waals surface area contributed by atoms with E-state index in [0.717, 1.165) is 24.5 Å². The van der Waals surface area contributed by atoms with E-state index in [4.69, 9.17) is 22.7 Å². The van der Waals surface area contributed by atoms with Gasteiger partial charge < -0.3 is 20.7 Å². The Balaban J connectivity index is 2.34. The lowest BCUT2D eigenvalue weighted by Crippen LogP contribution is -2.37. The summed E-state index contributed by atoms with van der Waals surface area (Å²) in [5.74, 6) is 0.0134. The number of thiocarbonyl (C=S) groups is 1. The van der Waals surface area contributed by atoms with Crippen molar-refractivity contribution in [2.75, 3.05) is 36.5 Å². The summed E-state index contributed by atoms with van der Waals surface area (Å²) in [4.78, 5) is 13.6. The van der Waals surface area contributed by atoms with E-state index in [0.29, 0.717) is 18.8 Å². The Kier molecular flexibility index (Phi) is 4.34. The van der Waals surface area contributed by atoms with Crippen molar-refractivity contribution < 1.29 is 9.53 Å². The summed E-state index contributed by atoms with van der Waals surface area (Å²) in [6, 6.07) is 5.52. The molecule has 0 bridgehead atoms. The van der Waals surface area contributed by atoms with Gasteiger partial charge in [-0.2, -0.15) is 0 Å². The number of carbonyl (C=O) groups is 1. The Hall–Kier alpha value is -1.66. The third kappa shape index (κ3) is 3.42. The van der Waals surface area contributed by atoms with E-state index in [1.165, 1.54) is 6.92 Å². The highest BCUT2D eigenvalue weighted by Gasteiger charge is 2.16. The lowest BCUT2D eigenvalue weighted by atomic mass is 10.1. The number of rotatable bonds is 3. The maximum atomic E-state index is 11.4. The molecule has 1 aliphatic heterocycles. The number of ketones is 1. The molecule has 1 aromatic carbocycles. The molecule has 6 heteroatoms. The second kappa shape index (κ2) is 5.99. The molecule has 1 aliphatic rings. The minimum absolute atomic E-state index is 0.0134. The minimum atomic E-state index is 0.0134. The minimum Gasteiger partial charge on any atom is -0.378 e. The van der Waals surface area contributed by atoms with Crippen LogP contribution in [0.5, 0.6) is 0 Å². The second-order valence-corrected chi connectivity index (χ2v) is 4.82. The first-order chi connectivity index (χ1) is 9.08. The van der Waals surface area contributed by atoms with Gasteiger partial charge in [0, 0.05) is 18.7 Å². The molecule has 0 unspecified atom stereocenters. The Morgan fingerprint density at radius 2 is 2.11 bits per heavy atom. The molecule has 1 saturated heterocycles. The first kappa shape index (κ1) is 13.8. The molecule has 1 heterocycles. The molecule has 102 valence electrons. The fourth-order valence-electron chi connectivity index (χ4n) is 2.07. The molecular weight excluding hydrogens is 262 g/mol. The summed E-state index contributed by atoms with van der Waals surface area (Å²) in [7, 11) is 0. The van der Waals surface area contributed by atoms with Crippen LogP contribution in [0.15, 0.2) is 18.2 Å². The molecule has 0 aromatic heterocycles. The van der Waals surface area contributed by atoms with E-state index in [2.05, 4.69) is 10.2 Å². The zero-order valence-corrected chi connectivity index (χ0v) is 11.6. The lowest BCUT2D eigenvalue weighted by molar-refractivity contribution is 0.101. The number of anilines is 2. The van der Waals surface area contributed by atoms with Gasteiger partial charge in [-0.05, 0) is 37.3 Å². The van der Waals surface area contributed by atoms with Crippen LogP contribution in [-0.4, -0.2) is 37.2 Å². The third-order valence-electron chi connectivity index (χ3n) is 3.01. The number of nitrogens with one attached hydrogen (secondary N) is 1. The number of morpholine rings is 1. The van der Waals surface area contributed by atoms with E-state index < -0.39 is 0 Å². The first-order valence-electron chi connectivity index (χ1n) is 6.12. The molecule has 1 aromatic rings. The fraction of sp³-hybridized carbons (Fsp3) is 0.385. The van der Waals surface area contributed by atoms with E-state index in [-0.39, 0.29) is 10.9 Å². The number of Topliss-reactive ketones (excluding diaryl/α,β-unsaturated/α-hetero) is 1. The summed E-state index contributed by atoms with van der Waals surface area (Å²) in [6.45, 7) is 4.55. The number of nitrogens with zero attached hydrogens (tertiary/aromatic N) is 1. The molecular formula is C13H17N3O2S. The summed E-state index contributed by atoms with van der Waals surface area (Å²) < 4.78 is 5.34. The molecule has 2 rings (SSSR count). The average Bonchev–Trinajstić information content (AvgIpc) is 2.39. The maximum Gasteiger partial charge on any atom is 0.168 e. The standard InChI is InChI=1S/C13H17N3O2S/c1-9(17)10-2-3-12(11(8-10)15-13(14)19)16-4-6-18-7-5-16/h2-3,8H,4-7H2,1H3,(H3,14,15,19). The fourth-order valence-corrected chi connectivity index (χ4v) is 2.18. The van der Waals surface area contributed by atoms with Gasteiger partial charge in [0.2, 0.25) is 0 Å². The highest BCUT2D eigenvalue weighted by atomic mass is 32.1. The zero-order valence-electron chi connectivity index (χ0n) is 10.8. The van der Waals surface area contributed by atoms with Crippen molar-refractivity contribution in [3.8, 4) is 0 Å². The second-order valence-electron chi connectivity index (χ2n) is 4.38. The average molecular weight is 279 g/mol. The van der Waals surface area contributed by atoms with E-state index in [1.807, 2.05) is 12.1 Å². The molecule has 19 heavy (non-hydrogen) atoms. The summed E-state index contributed by atoms with van der Waals surface area (Å²) >= 11 is 4.89. The molecule has 0 radical (unpaired) electrons. The van der Waals surface area contributed by atoms with Gasteiger partial charge in [-0.3, -0.25) is 4.79 Å². The summed E-state index contributed by atoms with van der Waals surface area (Å²) in [6.07, 6.45) is 0. The Morgan fingerprint density at radius 1 is 1.42 bits per heavy atom. The summed E-state index contributed by atoms with van der Waals surface area (Å²) in [5.41, 5.74) is 7.93. The van der Waals surface area contributed by atoms with E-state index in [9.17, 15) is 4.79 Å². The highest BCUT2D eigenvalue weighted by molar-refractivity contribution is 7.80. The predicted molar refractivity (Wildman–Crippen MR) is 79.9 cm³/mol. The molecule has 0 amide bonds. The molecule has 0 spiro atoms. The van der Waals surface area contributed by atoms with Crippen LogP contribution < -0.4 is 16.0 Å². The van der Waals surface area contributed by atoms with Crippen molar-refractivity contribution in [1.82, 2.24) is 0 Å². The molecule has 0 aliphatic carbocycles. The van der Waals surface area contributed by atoms with Gasteiger partial charge in [-0.1, -0.05) is 0 Å². The monoisotopic (exact) mass is 279 g/mol. The van der Waals surface area contributed by atoms with Gasteiger partial charge in [-0.15, -0.1) is 0 Å². The third-order valence-corrected chi connectivity index (χ3v) is 3.11. The Bertz CT molecular complexity index is 499. The van der Waals surface area contributed by atoms with Crippen LogP contribution in [0.25, 0.3) is 0 Å². The van der Waals surface area contributed by atoms with Crippen LogP contribution in [0.3, 0.4) is 0 Å². The van der Waals surface area contributed by atoms with Crippen LogP contribution in [0.2, 0.25) is 0 Å². The van der Waals surface area contributed by atoms with E-state index in [1.54, 1.807) is 6.07 Å². The van der Waals surface area contributed by atoms with Crippen LogP contribution in [0.1, 0.15) is 17.3 Å². The van der Waals surface area contributed by atoms with Crippen molar-refractivity contribution in [2.45, 2.75) is 6.92 Å². The maximum absolute atomic E-state index is 11.4. The first-order valence-corrected chi connectivity index (χ1v) is 6.53. The largest absolute Gasteiger partial charge is 0.378 e. The van der Waals surface area contributed by atoms with E-state index >= 15 is 0 Å². The van der Waals surface area contributed by atoms with Gasteiger partial charge in [0.15, 0.2) is 10.9 Å². The smallest absolute Gasteiger partial charge is 0.168 e. The van der Waals surface area contributed by atoms with Crippen molar-refractivity contribution >= 4 is 34.5 Å². The Labute approximate surface area is 117 Å². The van der Waals surface area contributed by atoms with Gasteiger partial charge in [0.1, 0.15) is 0 Å². The normalized spacial score (nSPS) is 15.1. The SMILES string of the molecule is CC(=O)c1ccc(N2CCOCC2)c(NC(N)=S)c1. The topological polar surface area (TPSA) is 67.6 Å². The predicted octanol–water partition coefficient (Wildman–Crippen LogP) is 1.38. The zero-order chi connectivity index (χ0) is 13.8. The van der Waals surface area contributed by atoms with Crippen LogP contribution in [-0.2, 0) is 4.74 Å². The molecule has 1 fully saturated rings. The molecule has 5 nitrogen and oxygen atoms in total. The van der Waals surface area contributed by atoms with Crippen molar-refractivity contribution in [1.29, 1.82) is 0 Å². The summed E-state index contributed by atoms with van der Waals surface area (Å²) in [5, 5.41) is 3.13. The lowest BCUT2D eigenvalue weighted by Gasteiger charge is -2.30. The van der Waals surface area contributed by atoms with Gasteiger partial charge >= 0.3 is 0 Å². The van der Waals surface area contributed by atoms with Gasteiger partial charge in [0.25, 0.3) is 0 Å². The number of hydrogen-bond donors (Lipinski definition) is 2. The van der Waals surface area contributed by atoms with Crippen molar-refractivity contribution in [3.63, 3.8) is 0 Å². The number of carbonyl (C=O) groups excluding carboxylic acids is 1. The quantitative estimate of drug-likeness (QED) is 0.643. The highest BCUT2D eigenvalue weighted by Crippen LogP contribution is 2.28. The number of benzene rings is 1. The molecule has 0 atom stereocenters. The van der Waals surface area contributed by atoms with Crippen LogP contribution >= 0.6 is 12.2 Å². The number of hydrogen-bond acceptors (Lipinski definition) is 4. The number of nitrogens with two attached hydrogens (primary N) is 1. The van der Waals surface area contributed by atoms with Crippen molar-refractivity contribution in [2.24, 2.45) is 5.73 Å². The van der Waals surface area contributed by atoms with Crippen LogP contribution in [0, 0.1) is 0 Å². The molecule has 3 N–H and O–H groups in total. The number of ether oxygens (including phenoxy) is 1. The Morgan fingerprint density at radius 3 is 2.68 bits per heavy atom. The van der Waals surface area contributed by atoms with Gasteiger partial charge in [-0.25, -0.2) is 0 Å². The molecule has 0 saturated carbocycles.